The number of amides is 1. The van der Waals surface area contributed by atoms with Gasteiger partial charge < -0.3 is 19.9 Å². The van der Waals surface area contributed by atoms with Crippen LogP contribution in [0, 0.1) is 5.82 Å². The minimum Gasteiger partial charge on any atom is -0.412 e. The molecule has 100 valence electrons. The molecule has 6 heteroatoms. The Balaban J connectivity index is 3.16. The molecule has 0 fully saturated rings. The minimum absolute atomic E-state index is 0.100. The summed E-state index contributed by atoms with van der Waals surface area (Å²) in [6.45, 7) is 1.53. The summed E-state index contributed by atoms with van der Waals surface area (Å²) in [4.78, 5) is 11.0. The monoisotopic (exact) mass is 257 g/mol. The predicted octanol–water partition coefficient (Wildman–Crippen LogP) is 2.10. The first-order valence-electron chi connectivity index (χ1n) is 5.42. The second kappa shape index (κ2) is 6.32. The van der Waals surface area contributed by atoms with E-state index in [2.05, 4.69) is 0 Å². The molecule has 0 saturated carbocycles. The van der Waals surface area contributed by atoms with E-state index < -0.39 is 17.7 Å². The molecule has 1 aromatic rings. The molecule has 0 aromatic heterocycles. The topological polar surface area (TPSA) is 70.8 Å². The zero-order valence-corrected chi connectivity index (χ0v) is 10.3. The Bertz CT molecular complexity index is 413. The van der Waals surface area contributed by atoms with E-state index in [9.17, 15) is 9.18 Å². The number of hydrogen-bond donors (Lipinski definition) is 1. The van der Waals surface area contributed by atoms with Gasteiger partial charge in [0.15, 0.2) is 6.79 Å². The van der Waals surface area contributed by atoms with Crippen molar-refractivity contribution in [3.05, 3.63) is 35.6 Å². The molecule has 0 aliphatic heterocycles. The summed E-state index contributed by atoms with van der Waals surface area (Å²) in [6.07, 6.45) is -0.851. The number of benzene rings is 1. The van der Waals surface area contributed by atoms with Crippen molar-refractivity contribution in [2.75, 3.05) is 13.9 Å². The number of hydrogen-bond acceptors (Lipinski definition) is 4. The molecule has 18 heavy (non-hydrogen) atoms. The molecule has 0 bridgehead atoms. The number of ether oxygens (including phenoxy) is 3. The summed E-state index contributed by atoms with van der Waals surface area (Å²) in [5.41, 5.74) is 5.11. The highest BCUT2D eigenvalue weighted by Gasteiger charge is 2.38. The number of nitrogens with two attached hydrogens (primary N) is 1. The molecule has 5 nitrogen and oxygen atoms in total. The van der Waals surface area contributed by atoms with Crippen LogP contribution in [0.4, 0.5) is 9.18 Å². The van der Waals surface area contributed by atoms with Crippen molar-refractivity contribution in [2.24, 2.45) is 5.73 Å². The quantitative estimate of drug-likeness (QED) is 0.792. The van der Waals surface area contributed by atoms with Crippen LogP contribution in [0.15, 0.2) is 24.3 Å². The predicted molar refractivity (Wildman–Crippen MR) is 62.0 cm³/mol. The maximum atomic E-state index is 13.8. The third kappa shape index (κ3) is 3.18. The lowest BCUT2D eigenvalue weighted by Crippen LogP contribution is -2.38. The molecule has 0 heterocycles. The van der Waals surface area contributed by atoms with Crippen molar-refractivity contribution in [1.82, 2.24) is 0 Å². The number of primary amides is 1. The van der Waals surface area contributed by atoms with Crippen LogP contribution in [0.5, 0.6) is 0 Å². The summed E-state index contributed by atoms with van der Waals surface area (Å²) in [6, 6.07) is 5.86. The number of rotatable bonds is 6. The van der Waals surface area contributed by atoms with Crippen LogP contribution in [0.2, 0.25) is 0 Å². The fourth-order valence-corrected chi connectivity index (χ4v) is 1.61. The molecule has 1 aromatic carbocycles. The summed E-state index contributed by atoms with van der Waals surface area (Å²) in [5, 5.41) is 0. The van der Waals surface area contributed by atoms with Gasteiger partial charge in [-0.3, -0.25) is 0 Å². The molecule has 1 atom stereocenters. The number of carbonyl (C=O) groups excluding carboxylic acids is 1. The third-order valence-corrected chi connectivity index (χ3v) is 2.43. The highest BCUT2D eigenvalue weighted by molar-refractivity contribution is 5.65. The van der Waals surface area contributed by atoms with E-state index in [0.29, 0.717) is 0 Å². The molecule has 0 radical (unpaired) electrons. The molecule has 1 amide bonds. The van der Waals surface area contributed by atoms with Crippen molar-refractivity contribution < 1.29 is 23.4 Å². The molecular weight excluding hydrogens is 241 g/mol. The Kier molecular flexibility index (Phi) is 5.06. The zero-order valence-electron chi connectivity index (χ0n) is 10.3. The van der Waals surface area contributed by atoms with E-state index in [1.165, 1.54) is 25.3 Å². The normalized spacial score (nSPS) is 13.9. The van der Waals surface area contributed by atoms with Crippen LogP contribution in [0.1, 0.15) is 18.9 Å². The highest BCUT2D eigenvalue weighted by Crippen LogP contribution is 2.32. The Morgan fingerprint density at radius 3 is 2.61 bits per heavy atom. The smallest absolute Gasteiger partial charge is 0.407 e. The van der Waals surface area contributed by atoms with E-state index in [4.69, 9.17) is 19.9 Å². The van der Waals surface area contributed by atoms with Crippen molar-refractivity contribution in [3.8, 4) is 0 Å². The van der Waals surface area contributed by atoms with Gasteiger partial charge in [-0.15, -0.1) is 0 Å². The summed E-state index contributed by atoms with van der Waals surface area (Å²) in [5.74, 6) is -2.12. The average molecular weight is 257 g/mol. The molecule has 0 aliphatic rings. The van der Waals surface area contributed by atoms with Crippen LogP contribution < -0.4 is 5.73 Å². The Morgan fingerprint density at radius 1 is 1.44 bits per heavy atom. The highest BCUT2D eigenvalue weighted by atomic mass is 19.1. The first-order chi connectivity index (χ1) is 8.55. The van der Waals surface area contributed by atoms with Gasteiger partial charge in [-0.2, -0.15) is 0 Å². The SMILES string of the molecule is CCC(OCOC)(OC(N)=O)c1ccccc1F. The van der Waals surface area contributed by atoms with E-state index >= 15 is 0 Å². The summed E-state index contributed by atoms with van der Waals surface area (Å²) < 4.78 is 28.8. The summed E-state index contributed by atoms with van der Waals surface area (Å²) in [7, 11) is 1.41. The fraction of sp³-hybridized carbons (Fsp3) is 0.417. The zero-order chi connectivity index (χ0) is 13.6. The lowest BCUT2D eigenvalue weighted by atomic mass is 10.0. The van der Waals surface area contributed by atoms with Gasteiger partial charge in [0.1, 0.15) is 5.82 Å². The first kappa shape index (κ1) is 14.4. The largest absolute Gasteiger partial charge is 0.412 e. The van der Waals surface area contributed by atoms with Crippen molar-refractivity contribution in [1.29, 1.82) is 0 Å². The second-order valence-corrected chi connectivity index (χ2v) is 3.56. The Morgan fingerprint density at radius 2 is 2.11 bits per heavy atom. The Hall–Kier alpha value is -1.66. The molecule has 1 rings (SSSR count). The molecule has 0 spiro atoms. The van der Waals surface area contributed by atoms with Gasteiger partial charge in [0.2, 0.25) is 5.79 Å². The van der Waals surface area contributed by atoms with E-state index in [1.54, 1.807) is 13.0 Å². The average Bonchev–Trinajstić information content (AvgIpc) is 2.35. The number of methoxy groups -OCH3 is 1. The van der Waals surface area contributed by atoms with Gasteiger partial charge in [-0.05, 0) is 12.1 Å². The molecule has 0 aliphatic carbocycles. The van der Waals surface area contributed by atoms with Gasteiger partial charge in [0, 0.05) is 13.5 Å². The van der Waals surface area contributed by atoms with Crippen LogP contribution in [0.3, 0.4) is 0 Å². The maximum Gasteiger partial charge on any atom is 0.407 e. The second-order valence-electron chi connectivity index (χ2n) is 3.56. The maximum absolute atomic E-state index is 13.8. The van der Waals surface area contributed by atoms with Gasteiger partial charge in [0.05, 0.1) is 5.56 Å². The van der Waals surface area contributed by atoms with E-state index in [1.807, 2.05) is 0 Å². The molecular formula is C12H16FNO4. The van der Waals surface area contributed by atoms with E-state index in [0.717, 1.165) is 0 Å². The first-order valence-corrected chi connectivity index (χ1v) is 5.42. The van der Waals surface area contributed by atoms with E-state index in [-0.39, 0.29) is 18.8 Å². The van der Waals surface area contributed by atoms with Gasteiger partial charge in [-0.1, -0.05) is 19.1 Å². The molecule has 0 saturated heterocycles. The standard InChI is InChI=1S/C12H16FNO4/c1-3-12(17-8-16-2,18-11(14)15)9-6-4-5-7-10(9)13/h4-7H,3,8H2,1-2H3,(H2,14,15). The van der Waals surface area contributed by atoms with Crippen LogP contribution in [-0.2, 0) is 20.0 Å². The summed E-state index contributed by atoms with van der Waals surface area (Å²) >= 11 is 0. The minimum atomic E-state index is -1.58. The molecule has 2 N–H and O–H groups in total. The fourth-order valence-electron chi connectivity index (χ4n) is 1.61. The lowest BCUT2D eigenvalue weighted by molar-refractivity contribution is -0.250. The lowest BCUT2D eigenvalue weighted by Gasteiger charge is -2.31. The molecule has 1 unspecified atom stereocenters. The Labute approximate surface area is 105 Å². The number of carbonyl (C=O) groups is 1. The number of halogens is 1. The van der Waals surface area contributed by atoms with Crippen molar-refractivity contribution in [2.45, 2.75) is 19.1 Å². The third-order valence-electron chi connectivity index (χ3n) is 2.43. The van der Waals surface area contributed by atoms with Crippen molar-refractivity contribution >= 4 is 6.09 Å². The van der Waals surface area contributed by atoms with Crippen LogP contribution in [0.25, 0.3) is 0 Å². The van der Waals surface area contributed by atoms with Gasteiger partial charge in [0.25, 0.3) is 0 Å². The van der Waals surface area contributed by atoms with Crippen molar-refractivity contribution in [3.63, 3.8) is 0 Å². The van der Waals surface area contributed by atoms with Gasteiger partial charge >= 0.3 is 6.09 Å². The van der Waals surface area contributed by atoms with Crippen LogP contribution in [-0.4, -0.2) is 20.0 Å². The van der Waals surface area contributed by atoms with Gasteiger partial charge in [-0.25, -0.2) is 9.18 Å². The van der Waals surface area contributed by atoms with Crippen LogP contribution >= 0.6 is 0 Å².